The third-order valence-electron chi connectivity index (χ3n) is 1.93. The molecule has 0 heterocycles. The van der Waals surface area contributed by atoms with E-state index in [1.807, 2.05) is 0 Å². The Hall–Kier alpha value is -0.260. The fourth-order valence-electron chi connectivity index (χ4n) is 0.770. The Morgan fingerprint density at radius 2 is 2.00 bits per heavy atom. The van der Waals surface area contributed by atoms with Crippen molar-refractivity contribution in [3.63, 3.8) is 0 Å². The molecular weight excluding hydrogens is 120 g/mol. The first-order valence-corrected chi connectivity index (χ1v) is 4.35. The summed E-state index contributed by atoms with van der Waals surface area (Å²) in [5.41, 5.74) is 1.54. The molecule has 0 heteroatoms. The predicted molar refractivity (Wildman–Crippen MR) is 48.1 cm³/mol. The first kappa shape index (κ1) is 9.74. The fraction of sp³-hybridized carbons (Fsp3) is 0.800. The third-order valence-corrected chi connectivity index (χ3v) is 1.93. The second-order valence-corrected chi connectivity index (χ2v) is 3.25. The molecule has 0 nitrogen and oxygen atoms in total. The minimum absolute atomic E-state index is 0.733. The van der Waals surface area contributed by atoms with Gasteiger partial charge < -0.3 is 0 Å². The van der Waals surface area contributed by atoms with Crippen LogP contribution in [0.1, 0.15) is 47.0 Å². The van der Waals surface area contributed by atoms with Gasteiger partial charge in [0.15, 0.2) is 0 Å². The zero-order valence-electron chi connectivity index (χ0n) is 7.78. The maximum atomic E-state index is 2.37. The van der Waals surface area contributed by atoms with Gasteiger partial charge in [0, 0.05) is 0 Å². The first-order valence-electron chi connectivity index (χ1n) is 4.35. The molecule has 0 rings (SSSR count). The highest BCUT2D eigenvalue weighted by molar-refractivity contribution is 5.00. The molecule has 0 N–H and O–H groups in total. The zero-order valence-corrected chi connectivity index (χ0v) is 7.78. The molecule has 0 aromatic rings. The van der Waals surface area contributed by atoms with Crippen molar-refractivity contribution < 1.29 is 0 Å². The summed E-state index contributed by atoms with van der Waals surface area (Å²) in [5, 5.41) is 0. The fourth-order valence-corrected chi connectivity index (χ4v) is 0.770. The van der Waals surface area contributed by atoms with Gasteiger partial charge in [0.2, 0.25) is 0 Å². The smallest absolute Gasteiger partial charge is 0.0263 e. The van der Waals surface area contributed by atoms with Gasteiger partial charge in [0.25, 0.3) is 0 Å². The first-order chi connectivity index (χ1) is 4.68. The molecule has 0 amide bonds. The Labute approximate surface area is 65.3 Å². The molecule has 0 aromatic heterocycles. The Balaban J connectivity index is 3.48. The highest BCUT2D eigenvalue weighted by Gasteiger charge is 1.93. The molecule has 0 aliphatic carbocycles. The van der Waals surface area contributed by atoms with E-state index < -0.39 is 0 Å². The van der Waals surface area contributed by atoms with Crippen LogP contribution in [0.3, 0.4) is 0 Å². The zero-order chi connectivity index (χ0) is 7.98. The summed E-state index contributed by atoms with van der Waals surface area (Å²) in [6, 6.07) is 0. The van der Waals surface area contributed by atoms with Crippen LogP contribution in [0.2, 0.25) is 0 Å². The molecule has 0 bridgehead atoms. The van der Waals surface area contributed by atoms with Crippen LogP contribution in [0, 0.1) is 5.92 Å². The van der Waals surface area contributed by atoms with Gasteiger partial charge >= 0.3 is 0 Å². The molecule has 0 spiro atoms. The largest absolute Gasteiger partial charge is 0.0854 e. The lowest BCUT2D eigenvalue weighted by Crippen LogP contribution is -1.87. The summed E-state index contributed by atoms with van der Waals surface area (Å²) in [7, 11) is 0. The van der Waals surface area contributed by atoms with Crippen molar-refractivity contribution in [1.82, 2.24) is 0 Å². The van der Waals surface area contributed by atoms with Gasteiger partial charge in [-0.3, -0.25) is 0 Å². The average Bonchev–Trinajstić information content (AvgIpc) is 1.88. The van der Waals surface area contributed by atoms with Crippen molar-refractivity contribution in [2.24, 2.45) is 5.92 Å². The molecule has 0 aliphatic heterocycles. The van der Waals surface area contributed by atoms with E-state index in [1.54, 1.807) is 0 Å². The van der Waals surface area contributed by atoms with Crippen molar-refractivity contribution in [1.29, 1.82) is 0 Å². The summed E-state index contributed by atoms with van der Waals surface area (Å²) in [4.78, 5) is 0. The third kappa shape index (κ3) is 4.60. The average molecular weight is 140 g/mol. The molecule has 0 aromatic carbocycles. The molecule has 0 atom stereocenters. The number of hydrogen-bond acceptors (Lipinski definition) is 0. The lowest BCUT2D eigenvalue weighted by atomic mass is 10.0. The second-order valence-electron chi connectivity index (χ2n) is 3.25. The van der Waals surface area contributed by atoms with Crippen LogP contribution in [0.25, 0.3) is 0 Å². The van der Waals surface area contributed by atoms with E-state index >= 15 is 0 Å². The highest BCUT2D eigenvalue weighted by Crippen LogP contribution is 2.09. The molecule has 0 aliphatic rings. The van der Waals surface area contributed by atoms with Crippen LogP contribution in [0.5, 0.6) is 0 Å². The van der Waals surface area contributed by atoms with Crippen LogP contribution < -0.4 is 0 Å². The topological polar surface area (TPSA) is 0 Å². The van der Waals surface area contributed by atoms with Crippen LogP contribution in [0.15, 0.2) is 11.6 Å². The van der Waals surface area contributed by atoms with Crippen LogP contribution in [-0.4, -0.2) is 0 Å². The molecule has 0 fully saturated rings. The van der Waals surface area contributed by atoms with E-state index in [4.69, 9.17) is 0 Å². The Morgan fingerprint density at radius 1 is 1.40 bits per heavy atom. The molecule has 0 unspecified atom stereocenters. The number of allylic oxidation sites excluding steroid dienone is 2. The lowest BCUT2D eigenvalue weighted by Gasteiger charge is -2.03. The van der Waals surface area contributed by atoms with E-state index in [1.165, 1.54) is 24.8 Å². The van der Waals surface area contributed by atoms with Gasteiger partial charge in [-0.2, -0.15) is 0 Å². The SMILES string of the molecule is CCCC/C=C(/C)C(C)C. The standard InChI is InChI=1S/C10H20/c1-5-6-7-8-10(4)9(2)3/h8-9H,5-7H2,1-4H3/b10-8-. The lowest BCUT2D eigenvalue weighted by molar-refractivity contribution is 0.745. The quantitative estimate of drug-likeness (QED) is 0.412. The van der Waals surface area contributed by atoms with Crippen LogP contribution in [-0.2, 0) is 0 Å². The van der Waals surface area contributed by atoms with Gasteiger partial charge in [-0.05, 0) is 19.3 Å². The maximum absolute atomic E-state index is 2.37. The van der Waals surface area contributed by atoms with E-state index in [2.05, 4.69) is 33.8 Å². The highest BCUT2D eigenvalue weighted by atomic mass is 14.0. The number of rotatable bonds is 4. The van der Waals surface area contributed by atoms with Gasteiger partial charge in [-0.15, -0.1) is 0 Å². The normalized spacial score (nSPS) is 12.7. The molecule has 0 saturated carbocycles. The van der Waals surface area contributed by atoms with Gasteiger partial charge in [0.05, 0.1) is 0 Å². The molecule has 0 saturated heterocycles. The van der Waals surface area contributed by atoms with E-state index in [-0.39, 0.29) is 0 Å². The molecular formula is C10H20. The Morgan fingerprint density at radius 3 is 2.40 bits per heavy atom. The molecule has 60 valence electrons. The summed E-state index contributed by atoms with van der Waals surface area (Å²) < 4.78 is 0. The number of hydrogen-bond donors (Lipinski definition) is 0. The van der Waals surface area contributed by atoms with Crippen molar-refractivity contribution in [2.75, 3.05) is 0 Å². The van der Waals surface area contributed by atoms with Crippen LogP contribution in [0.4, 0.5) is 0 Å². The Bertz CT molecular complexity index is 98.6. The molecule has 0 radical (unpaired) electrons. The monoisotopic (exact) mass is 140 g/mol. The Kier molecular flexibility index (Phi) is 5.38. The molecule has 10 heavy (non-hydrogen) atoms. The summed E-state index contributed by atoms with van der Waals surface area (Å²) in [6.45, 7) is 8.95. The van der Waals surface area contributed by atoms with Gasteiger partial charge in [0.1, 0.15) is 0 Å². The number of unbranched alkanes of at least 4 members (excludes halogenated alkanes) is 2. The van der Waals surface area contributed by atoms with Gasteiger partial charge in [-0.1, -0.05) is 45.3 Å². The minimum atomic E-state index is 0.733. The summed E-state index contributed by atoms with van der Waals surface area (Å²) >= 11 is 0. The van der Waals surface area contributed by atoms with E-state index in [9.17, 15) is 0 Å². The summed E-state index contributed by atoms with van der Waals surface area (Å²) in [6.07, 6.45) is 6.28. The van der Waals surface area contributed by atoms with E-state index in [0.29, 0.717) is 0 Å². The van der Waals surface area contributed by atoms with E-state index in [0.717, 1.165) is 5.92 Å². The van der Waals surface area contributed by atoms with Crippen LogP contribution >= 0.6 is 0 Å². The van der Waals surface area contributed by atoms with Crippen molar-refractivity contribution in [2.45, 2.75) is 47.0 Å². The second kappa shape index (κ2) is 5.52. The van der Waals surface area contributed by atoms with Crippen molar-refractivity contribution in [3.8, 4) is 0 Å². The predicted octanol–water partition coefficient (Wildman–Crippen LogP) is 3.78. The minimum Gasteiger partial charge on any atom is -0.0854 e. The maximum Gasteiger partial charge on any atom is -0.0263 e. The van der Waals surface area contributed by atoms with Crippen molar-refractivity contribution >= 4 is 0 Å². The summed E-state index contributed by atoms with van der Waals surface area (Å²) in [5.74, 6) is 0.733. The van der Waals surface area contributed by atoms with Gasteiger partial charge in [-0.25, -0.2) is 0 Å². The van der Waals surface area contributed by atoms with Crippen molar-refractivity contribution in [3.05, 3.63) is 11.6 Å².